The minimum atomic E-state index is -3.75. The number of hydrogen-bond acceptors (Lipinski definition) is 6. The van der Waals surface area contributed by atoms with Crippen LogP contribution in [0.3, 0.4) is 0 Å². The van der Waals surface area contributed by atoms with Gasteiger partial charge in [-0.2, -0.15) is 0 Å². The van der Waals surface area contributed by atoms with Gasteiger partial charge in [0, 0.05) is 18.2 Å². The van der Waals surface area contributed by atoms with Crippen LogP contribution in [-0.2, 0) is 10.0 Å². The third-order valence-corrected chi connectivity index (χ3v) is 7.16. The number of nitrogens with zero attached hydrogens (tertiary/aromatic N) is 5. The molecule has 3 aromatic heterocycles. The SMILES string of the molecule is Cc1ccc(S(=O)(=O)n2ccc3c2ncc2nnc([C@@H]4CC[C@H](N)C4)n23)cc1. The van der Waals surface area contributed by atoms with E-state index in [2.05, 4.69) is 15.2 Å². The van der Waals surface area contributed by atoms with E-state index in [9.17, 15) is 8.42 Å². The van der Waals surface area contributed by atoms with Crippen molar-refractivity contribution in [1.29, 1.82) is 0 Å². The largest absolute Gasteiger partial charge is 0.328 e. The van der Waals surface area contributed by atoms with Crippen molar-refractivity contribution in [2.75, 3.05) is 0 Å². The molecule has 4 aromatic rings. The first kappa shape index (κ1) is 17.3. The van der Waals surface area contributed by atoms with Gasteiger partial charge in [-0.3, -0.25) is 4.40 Å². The smallest absolute Gasteiger partial charge is 0.269 e. The molecule has 3 heterocycles. The van der Waals surface area contributed by atoms with Crippen LogP contribution >= 0.6 is 0 Å². The minimum Gasteiger partial charge on any atom is -0.328 e. The molecule has 2 atom stereocenters. The monoisotopic (exact) mass is 396 g/mol. The van der Waals surface area contributed by atoms with E-state index >= 15 is 0 Å². The molecule has 9 heteroatoms. The lowest BCUT2D eigenvalue weighted by molar-refractivity contribution is 0.588. The topological polar surface area (TPSA) is 108 Å². The Kier molecular flexibility index (Phi) is 3.78. The van der Waals surface area contributed by atoms with E-state index in [0.29, 0.717) is 16.8 Å². The second-order valence-electron chi connectivity index (χ2n) is 7.42. The van der Waals surface area contributed by atoms with Gasteiger partial charge in [-0.05, 0) is 44.4 Å². The molecule has 0 radical (unpaired) electrons. The number of aromatic nitrogens is 5. The average molecular weight is 396 g/mol. The zero-order chi connectivity index (χ0) is 19.5. The quantitative estimate of drug-likeness (QED) is 0.569. The van der Waals surface area contributed by atoms with Crippen molar-refractivity contribution in [1.82, 2.24) is 23.6 Å². The lowest BCUT2D eigenvalue weighted by atomic mass is 10.1. The molecular weight excluding hydrogens is 376 g/mol. The summed E-state index contributed by atoms with van der Waals surface area (Å²) in [4.78, 5) is 4.59. The molecule has 0 spiro atoms. The first-order chi connectivity index (χ1) is 13.4. The molecule has 144 valence electrons. The van der Waals surface area contributed by atoms with E-state index in [1.165, 1.54) is 10.2 Å². The fourth-order valence-electron chi connectivity index (χ4n) is 3.99. The molecule has 0 unspecified atom stereocenters. The van der Waals surface area contributed by atoms with Crippen LogP contribution in [-0.4, -0.2) is 38.0 Å². The highest BCUT2D eigenvalue weighted by molar-refractivity contribution is 7.90. The van der Waals surface area contributed by atoms with Gasteiger partial charge in [0.05, 0.1) is 16.6 Å². The molecule has 8 nitrogen and oxygen atoms in total. The van der Waals surface area contributed by atoms with Crippen LogP contribution in [0.2, 0.25) is 0 Å². The highest BCUT2D eigenvalue weighted by Gasteiger charge is 2.29. The molecule has 0 saturated heterocycles. The van der Waals surface area contributed by atoms with E-state index in [0.717, 1.165) is 30.7 Å². The summed E-state index contributed by atoms with van der Waals surface area (Å²) >= 11 is 0. The van der Waals surface area contributed by atoms with Gasteiger partial charge in [0.15, 0.2) is 11.3 Å². The Morgan fingerprint density at radius 2 is 1.89 bits per heavy atom. The third-order valence-electron chi connectivity index (χ3n) is 5.48. The van der Waals surface area contributed by atoms with Gasteiger partial charge in [0.1, 0.15) is 5.82 Å². The molecule has 0 bridgehead atoms. The fraction of sp³-hybridized carbons (Fsp3) is 0.316. The van der Waals surface area contributed by atoms with Crippen LogP contribution in [0.5, 0.6) is 0 Å². The standard InChI is InChI=1S/C19H20N6O2S/c1-12-2-6-15(7-3-12)28(26,27)24-9-8-16-19(24)21-11-17-22-23-18(25(16)17)13-4-5-14(20)10-13/h2-3,6-9,11,13-14H,4-5,10,20H2,1H3/t13-,14+/m1/s1. The predicted molar refractivity (Wildman–Crippen MR) is 105 cm³/mol. The van der Waals surface area contributed by atoms with Crippen molar-refractivity contribution in [3.8, 4) is 0 Å². The highest BCUT2D eigenvalue weighted by atomic mass is 32.2. The lowest BCUT2D eigenvalue weighted by Gasteiger charge is -2.10. The lowest BCUT2D eigenvalue weighted by Crippen LogP contribution is -2.15. The normalized spacial score (nSPS) is 20.4. The predicted octanol–water partition coefficient (Wildman–Crippen LogP) is 2.22. The van der Waals surface area contributed by atoms with Crippen LogP contribution in [0.15, 0.2) is 47.6 Å². The third kappa shape index (κ3) is 2.54. The summed E-state index contributed by atoms with van der Waals surface area (Å²) in [6, 6.07) is 8.71. The molecule has 0 aliphatic heterocycles. The number of fused-ring (bicyclic) bond motifs is 3. The Morgan fingerprint density at radius 3 is 2.61 bits per heavy atom. The maximum Gasteiger partial charge on any atom is 0.269 e. The van der Waals surface area contributed by atoms with Gasteiger partial charge in [0.2, 0.25) is 0 Å². The van der Waals surface area contributed by atoms with Gasteiger partial charge in [-0.25, -0.2) is 17.4 Å². The Hall–Kier alpha value is -2.78. The van der Waals surface area contributed by atoms with Gasteiger partial charge < -0.3 is 5.73 Å². The fourth-order valence-corrected chi connectivity index (χ4v) is 5.28. The Bertz CT molecular complexity index is 1290. The van der Waals surface area contributed by atoms with Gasteiger partial charge in [-0.15, -0.1) is 10.2 Å². The van der Waals surface area contributed by atoms with Crippen molar-refractivity contribution in [3.05, 3.63) is 54.1 Å². The zero-order valence-corrected chi connectivity index (χ0v) is 16.2. The van der Waals surface area contributed by atoms with Gasteiger partial charge in [0.25, 0.3) is 10.0 Å². The van der Waals surface area contributed by atoms with E-state index in [1.807, 2.05) is 11.3 Å². The summed E-state index contributed by atoms with van der Waals surface area (Å²) in [5, 5.41) is 8.59. The number of aryl methyl sites for hydroxylation is 1. The molecule has 1 saturated carbocycles. The molecule has 1 aliphatic rings. The van der Waals surface area contributed by atoms with Crippen molar-refractivity contribution in [2.24, 2.45) is 5.73 Å². The highest BCUT2D eigenvalue weighted by Crippen LogP contribution is 2.34. The Morgan fingerprint density at radius 1 is 1.11 bits per heavy atom. The molecular formula is C19H20N6O2S. The minimum absolute atomic E-state index is 0.168. The van der Waals surface area contributed by atoms with E-state index in [-0.39, 0.29) is 16.9 Å². The van der Waals surface area contributed by atoms with Crippen LogP contribution in [0.4, 0.5) is 0 Å². The molecule has 1 aliphatic carbocycles. The maximum atomic E-state index is 13.1. The maximum absolute atomic E-state index is 13.1. The first-order valence-corrected chi connectivity index (χ1v) is 10.7. The molecule has 0 amide bonds. The summed E-state index contributed by atoms with van der Waals surface area (Å²) in [5.41, 5.74) is 8.71. The van der Waals surface area contributed by atoms with Crippen LogP contribution in [0.25, 0.3) is 16.8 Å². The van der Waals surface area contributed by atoms with Crippen LogP contribution < -0.4 is 5.73 Å². The second-order valence-corrected chi connectivity index (χ2v) is 9.23. The van der Waals surface area contributed by atoms with Gasteiger partial charge in [-0.1, -0.05) is 17.7 Å². The molecule has 5 rings (SSSR count). The van der Waals surface area contributed by atoms with E-state index < -0.39 is 10.0 Å². The summed E-state index contributed by atoms with van der Waals surface area (Å²) < 4.78 is 29.4. The number of benzene rings is 1. The Labute approximate surface area is 162 Å². The van der Waals surface area contributed by atoms with E-state index in [4.69, 9.17) is 5.73 Å². The molecule has 28 heavy (non-hydrogen) atoms. The Balaban J connectivity index is 1.69. The summed E-state index contributed by atoms with van der Waals surface area (Å²) in [7, 11) is -3.75. The molecule has 2 N–H and O–H groups in total. The molecule has 1 aromatic carbocycles. The van der Waals surface area contributed by atoms with Crippen molar-refractivity contribution in [2.45, 2.75) is 43.0 Å². The molecule has 1 fully saturated rings. The average Bonchev–Trinajstić information content (AvgIpc) is 3.38. The van der Waals surface area contributed by atoms with Crippen molar-refractivity contribution >= 4 is 26.8 Å². The van der Waals surface area contributed by atoms with Crippen molar-refractivity contribution < 1.29 is 8.42 Å². The zero-order valence-electron chi connectivity index (χ0n) is 15.4. The van der Waals surface area contributed by atoms with Crippen LogP contribution in [0.1, 0.15) is 36.6 Å². The summed E-state index contributed by atoms with van der Waals surface area (Å²) in [6.45, 7) is 1.92. The van der Waals surface area contributed by atoms with Crippen LogP contribution in [0, 0.1) is 6.92 Å². The second kappa shape index (κ2) is 6.11. The van der Waals surface area contributed by atoms with Crippen molar-refractivity contribution in [3.63, 3.8) is 0 Å². The number of rotatable bonds is 3. The summed E-state index contributed by atoms with van der Waals surface area (Å²) in [5.74, 6) is 1.04. The first-order valence-electron chi connectivity index (χ1n) is 9.24. The number of nitrogens with two attached hydrogens (primary N) is 1. The number of hydrogen-bond donors (Lipinski definition) is 1. The van der Waals surface area contributed by atoms with E-state index in [1.54, 1.807) is 36.5 Å². The van der Waals surface area contributed by atoms with Gasteiger partial charge >= 0.3 is 0 Å². The summed E-state index contributed by atoms with van der Waals surface area (Å²) in [6.07, 6.45) is 5.86.